The molecule has 1 aromatic heterocycles. The molecule has 1 fully saturated rings. The van der Waals surface area contributed by atoms with Crippen molar-refractivity contribution in [3.8, 4) is 5.69 Å². The highest BCUT2D eigenvalue weighted by Gasteiger charge is 2.31. The number of nitrogens with one attached hydrogen (secondary N) is 1. The van der Waals surface area contributed by atoms with Gasteiger partial charge >= 0.3 is 0 Å². The third kappa shape index (κ3) is 2.78. The average molecular weight is 269 g/mol. The number of rotatable bonds is 5. The summed E-state index contributed by atoms with van der Waals surface area (Å²) in [5.74, 6) is 0. The van der Waals surface area contributed by atoms with Gasteiger partial charge in [0.2, 0.25) is 0 Å². The van der Waals surface area contributed by atoms with Crippen molar-refractivity contribution in [2.45, 2.75) is 39.2 Å². The second-order valence-corrected chi connectivity index (χ2v) is 6.32. The normalized spacial score (nSPS) is 18.5. The lowest BCUT2D eigenvalue weighted by Crippen LogP contribution is -2.38. The first-order valence-electron chi connectivity index (χ1n) is 7.50. The van der Waals surface area contributed by atoms with Gasteiger partial charge in [0.25, 0.3) is 0 Å². The molecule has 0 aliphatic heterocycles. The number of para-hydroxylation sites is 1. The van der Waals surface area contributed by atoms with E-state index in [1.54, 1.807) is 0 Å². The fourth-order valence-electron chi connectivity index (χ4n) is 2.76. The first-order valence-corrected chi connectivity index (χ1v) is 7.50. The molecule has 1 N–H and O–H groups in total. The Morgan fingerprint density at radius 1 is 1.30 bits per heavy atom. The Kier molecular flexibility index (Phi) is 3.62. The van der Waals surface area contributed by atoms with E-state index in [-0.39, 0.29) is 0 Å². The number of hydrogen-bond acceptors (Lipinski definition) is 2. The highest BCUT2D eigenvalue weighted by atomic mass is 15.3. The van der Waals surface area contributed by atoms with Crippen LogP contribution in [-0.2, 0) is 0 Å². The first-order chi connectivity index (χ1) is 9.66. The van der Waals surface area contributed by atoms with Gasteiger partial charge in [-0.1, -0.05) is 31.5 Å². The second-order valence-electron chi connectivity index (χ2n) is 6.32. The number of aromatic nitrogens is 2. The van der Waals surface area contributed by atoms with Gasteiger partial charge in [-0.15, -0.1) is 0 Å². The van der Waals surface area contributed by atoms with E-state index in [0.29, 0.717) is 11.5 Å². The molecule has 0 amide bonds. The van der Waals surface area contributed by atoms with Gasteiger partial charge in [0.15, 0.2) is 0 Å². The van der Waals surface area contributed by atoms with E-state index in [9.17, 15) is 0 Å². The summed E-state index contributed by atoms with van der Waals surface area (Å²) in [5, 5.41) is 8.12. The third-order valence-electron chi connectivity index (χ3n) is 4.52. The summed E-state index contributed by atoms with van der Waals surface area (Å²) in [4.78, 5) is 0. The maximum Gasteiger partial charge on any atom is 0.0645 e. The van der Waals surface area contributed by atoms with Crippen LogP contribution in [0.15, 0.2) is 42.7 Å². The van der Waals surface area contributed by atoms with Gasteiger partial charge in [-0.2, -0.15) is 5.10 Å². The van der Waals surface area contributed by atoms with Gasteiger partial charge < -0.3 is 5.32 Å². The summed E-state index contributed by atoms with van der Waals surface area (Å²) >= 11 is 0. The molecule has 0 spiro atoms. The smallest absolute Gasteiger partial charge is 0.0645 e. The summed E-state index contributed by atoms with van der Waals surface area (Å²) < 4.78 is 1.94. The lowest BCUT2D eigenvalue weighted by atomic mass is 9.70. The van der Waals surface area contributed by atoms with Crippen LogP contribution in [0.2, 0.25) is 0 Å². The Hall–Kier alpha value is -1.61. The number of hydrogen-bond donors (Lipinski definition) is 1. The Bertz CT molecular complexity index is 555. The molecule has 1 saturated carbocycles. The lowest BCUT2D eigenvalue weighted by Gasteiger charge is -2.39. The topological polar surface area (TPSA) is 29.9 Å². The molecule has 2 aromatic rings. The van der Waals surface area contributed by atoms with Crippen LogP contribution >= 0.6 is 0 Å². The molecule has 1 aliphatic carbocycles. The minimum atomic E-state index is 0.352. The quantitative estimate of drug-likeness (QED) is 0.896. The van der Waals surface area contributed by atoms with E-state index in [4.69, 9.17) is 0 Å². The predicted molar refractivity (Wildman–Crippen MR) is 81.9 cm³/mol. The fourth-order valence-corrected chi connectivity index (χ4v) is 2.76. The summed E-state index contributed by atoms with van der Waals surface area (Å²) in [7, 11) is 0. The monoisotopic (exact) mass is 269 g/mol. The molecular weight excluding hydrogens is 246 g/mol. The SMILES string of the molecule is CC(NCC1(C)CCC1)c1cnn(-c2ccccc2)c1. The Balaban J connectivity index is 1.64. The predicted octanol–water partition coefficient (Wildman–Crippen LogP) is 3.71. The van der Waals surface area contributed by atoms with E-state index in [2.05, 4.69) is 42.6 Å². The highest BCUT2D eigenvalue weighted by Crippen LogP contribution is 2.39. The van der Waals surface area contributed by atoms with Crippen LogP contribution in [0.25, 0.3) is 5.69 Å². The Morgan fingerprint density at radius 2 is 2.05 bits per heavy atom. The van der Waals surface area contributed by atoms with Crippen molar-refractivity contribution in [2.24, 2.45) is 5.41 Å². The molecule has 1 heterocycles. The largest absolute Gasteiger partial charge is 0.310 e. The zero-order valence-electron chi connectivity index (χ0n) is 12.3. The van der Waals surface area contributed by atoms with Crippen molar-refractivity contribution in [3.05, 3.63) is 48.3 Å². The summed E-state index contributed by atoms with van der Waals surface area (Å²) in [5.41, 5.74) is 2.87. The van der Waals surface area contributed by atoms with Crippen LogP contribution in [0.4, 0.5) is 0 Å². The standard InChI is InChI=1S/C17H23N3/c1-14(18-13-17(2)9-6-10-17)15-11-19-20(12-15)16-7-4-3-5-8-16/h3-5,7-8,11-12,14,18H,6,9-10,13H2,1-2H3. The molecule has 1 unspecified atom stereocenters. The molecule has 0 radical (unpaired) electrons. The minimum Gasteiger partial charge on any atom is -0.310 e. The van der Waals surface area contributed by atoms with Gasteiger partial charge in [0.1, 0.15) is 0 Å². The molecule has 0 saturated heterocycles. The van der Waals surface area contributed by atoms with E-state index >= 15 is 0 Å². The summed E-state index contributed by atoms with van der Waals surface area (Å²) in [6.07, 6.45) is 8.19. The van der Waals surface area contributed by atoms with Gasteiger partial charge in [-0.25, -0.2) is 4.68 Å². The zero-order chi connectivity index (χ0) is 14.0. The number of nitrogens with zero attached hydrogens (tertiary/aromatic N) is 2. The van der Waals surface area contributed by atoms with Crippen LogP contribution in [0.1, 0.15) is 44.7 Å². The summed E-state index contributed by atoms with van der Waals surface area (Å²) in [6.45, 7) is 5.70. The van der Waals surface area contributed by atoms with Gasteiger partial charge in [0, 0.05) is 24.3 Å². The fraction of sp³-hybridized carbons (Fsp3) is 0.471. The van der Waals surface area contributed by atoms with Crippen molar-refractivity contribution in [1.82, 2.24) is 15.1 Å². The first kappa shape index (κ1) is 13.4. The molecule has 1 aliphatic rings. The van der Waals surface area contributed by atoms with Crippen LogP contribution < -0.4 is 5.32 Å². The van der Waals surface area contributed by atoms with E-state index in [1.807, 2.05) is 29.1 Å². The van der Waals surface area contributed by atoms with Crippen molar-refractivity contribution in [2.75, 3.05) is 6.54 Å². The van der Waals surface area contributed by atoms with Crippen LogP contribution in [0.5, 0.6) is 0 Å². The molecule has 1 atom stereocenters. The third-order valence-corrected chi connectivity index (χ3v) is 4.52. The van der Waals surface area contributed by atoms with Gasteiger partial charge in [-0.3, -0.25) is 0 Å². The van der Waals surface area contributed by atoms with Crippen molar-refractivity contribution in [3.63, 3.8) is 0 Å². The Morgan fingerprint density at radius 3 is 2.70 bits per heavy atom. The molecule has 1 aromatic carbocycles. The molecular formula is C17H23N3. The Labute approximate surface area is 121 Å². The molecule has 0 bridgehead atoms. The van der Waals surface area contributed by atoms with Gasteiger partial charge in [0.05, 0.1) is 11.9 Å². The van der Waals surface area contributed by atoms with Crippen molar-refractivity contribution in [1.29, 1.82) is 0 Å². The molecule has 3 nitrogen and oxygen atoms in total. The summed E-state index contributed by atoms with van der Waals surface area (Å²) in [6, 6.07) is 10.6. The molecule has 3 rings (SSSR count). The van der Waals surface area contributed by atoms with Crippen molar-refractivity contribution >= 4 is 0 Å². The van der Waals surface area contributed by atoms with E-state index < -0.39 is 0 Å². The van der Waals surface area contributed by atoms with Gasteiger partial charge in [-0.05, 0) is 37.3 Å². The lowest BCUT2D eigenvalue weighted by molar-refractivity contribution is 0.152. The van der Waals surface area contributed by atoms with Crippen LogP contribution in [0.3, 0.4) is 0 Å². The van der Waals surface area contributed by atoms with Crippen LogP contribution in [0, 0.1) is 5.41 Å². The second kappa shape index (κ2) is 5.41. The maximum atomic E-state index is 4.46. The molecule has 106 valence electrons. The van der Waals surface area contributed by atoms with E-state index in [0.717, 1.165) is 12.2 Å². The minimum absolute atomic E-state index is 0.352. The zero-order valence-corrected chi connectivity index (χ0v) is 12.3. The van der Waals surface area contributed by atoms with E-state index in [1.165, 1.54) is 24.8 Å². The molecule has 20 heavy (non-hydrogen) atoms. The van der Waals surface area contributed by atoms with Crippen molar-refractivity contribution < 1.29 is 0 Å². The average Bonchev–Trinajstić information content (AvgIpc) is 2.93. The van der Waals surface area contributed by atoms with Crippen LogP contribution in [-0.4, -0.2) is 16.3 Å². The number of benzene rings is 1. The highest BCUT2D eigenvalue weighted by molar-refractivity contribution is 5.31. The maximum absolute atomic E-state index is 4.46. The molecule has 3 heteroatoms.